The first kappa shape index (κ1) is 13.2. The van der Waals surface area contributed by atoms with Crippen LogP contribution in [0.25, 0.3) is 0 Å². The molecule has 0 aromatic carbocycles. The van der Waals surface area contributed by atoms with E-state index < -0.39 is 0 Å². The van der Waals surface area contributed by atoms with Crippen LogP contribution >= 0.6 is 0 Å². The summed E-state index contributed by atoms with van der Waals surface area (Å²) in [7, 11) is 0. The van der Waals surface area contributed by atoms with Crippen LogP contribution in [0.4, 0.5) is 0 Å². The Morgan fingerprint density at radius 1 is 1.16 bits per heavy atom. The zero-order chi connectivity index (χ0) is 13.1. The monoisotopic (exact) mass is 262 g/mol. The van der Waals surface area contributed by atoms with E-state index in [0.717, 1.165) is 43.2 Å². The van der Waals surface area contributed by atoms with Crippen LogP contribution in [0.2, 0.25) is 0 Å². The van der Waals surface area contributed by atoms with Crippen molar-refractivity contribution in [1.29, 1.82) is 0 Å². The van der Waals surface area contributed by atoms with Gasteiger partial charge in [0, 0.05) is 12.1 Å². The van der Waals surface area contributed by atoms with E-state index in [9.17, 15) is 0 Å². The molecule has 2 fully saturated rings. The van der Waals surface area contributed by atoms with Gasteiger partial charge in [-0.05, 0) is 44.4 Å². The van der Waals surface area contributed by atoms with E-state index in [2.05, 4.69) is 29.3 Å². The summed E-state index contributed by atoms with van der Waals surface area (Å²) in [6, 6.07) is 5.82. The van der Waals surface area contributed by atoms with Crippen LogP contribution in [-0.2, 0) is 13.1 Å². The van der Waals surface area contributed by atoms with Crippen LogP contribution in [0.15, 0.2) is 16.5 Å². The average Bonchev–Trinajstić information content (AvgIpc) is 2.93. The molecule has 1 N–H and O–H groups in total. The molecule has 2 aliphatic carbocycles. The fourth-order valence-electron chi connectivity index (χ4n) is 3.10. The summed E-state index contributed by atoms with van der Waals surface area (Å²) in [6.45, 7) is 5.25. The Bertz CT molecular complexity index is 391. The van der Waals surface area contributed by atoms with E-state index in [4.69, 9.17) is 4.42 Å². The maximum absolute atomic E-state index is 5.95. The summed E-state index contributed by atoms with van der Waals surface area (Å²) in [5, 5.41) is 3.50. The van der Waals surface area contributed by atoms with Crippen LogP contribution in [0.1, 0.15) is 57.0 Å². The number of rotatable bonds is 7. The zero-order valence-electron chi connectivity index (χ0n) is 12.0. The summed E-state index contributed by atoms with van der Waals surface area (Å²) in [5.41, 5.74) is 0. The van der Waals surface area contributed by atoms with Crippen molar-refractivity contribution in [2.45, 2.75) is 70.6 Å². The molecule has 0 unspecified atom stereocenters. The van der Waals surface area contributed by atoms with E-state index in [1.807, 2.05) is 0 Å². The second-order valence-corrected chi connectivity index (χ2v) is 6.02. The van der Waals surface area contributed by atoms with Crippen molar-refractivity contribution in [1.82, 2.24) is 10.2 Å². The van der Waals surface area contributed by atoms with Gasteiger partial charge in [-0.1, -0.05) is 19.8 Å². The lowest BCUT2D eigenvalue weighted by Crippen LogP contribution is -2.32. The maximum Gasteiger partial charge on any atom is 0.118 e. The van der Waals surface area contributed by atoms with Crippen LogP contribution in [0, 0.1) is 0 Å². The Kier molecular flexibility index (Phi) is 4.24. The van der Waals surface area contributed by atoms with Gasteiger partial charge in [-0.25, -0.2) is 0 Å². The predicted molar refractivity (Wildman–Crippen MR) is 76.9 cm³/mol. The molecule has 106 valence electrons. The first-order valence-corrected chi connectivity index (χ1v) is 7.90. The quantitative estimate of drug-likeness (QED) is 0.817. The van der Waals surface area contributed by atoms with Gasteiger partial charge in [0.05, 0.1) is 13.1 Å². The number of furan rings is 1. The SMILES string of the molecule is CCN(Cc1ccc(CNC2CC2)o1)C1CCCC1. The number of nitrogens with one attached hydrogen (secondary N) is 1. The Hall–Kier alpha value is -0.800. The highest BCUT2D eigenvalue weighted by molar-refractivity contribution is 5.08. The van der Waals surface area contributed by atoms with E-state index >= 15 is 0 Å². The normalized spacial score (nSPS) is 20.5. The molecule has 3 rings (SSSR count). The van der Waals surface area contributed by atoms with Crippen LogP contribution < -0.4 is 5.32 Å². The van der Waals surface area contributed by atoms with Gasteiger partial charge in [0.25, 0.3) is 0 Å². The molecule has 1 heterocycles. The average molecular weight is 262 g/mol. The van der Waals surface area contributed by atoms with Gasteiger partial charge in [0.1, 0.15) is 11.5 Å². The molecular weight excluding hydrogens is 236 g/mol. The van der Waals surface area contributed by atoms with Crippen molar-refractivity contribution in [2.75, 3.05) is 6.54 Å². The topological polar surface area (TPSA) is 28.4 Å². The Labute approximate surface area is 116 Å². The molecule has 0 spiro atoms. The van der Waals surface area contributed by atoms with Gasteiger partial charge in [-0.15, -0.1) is 0 Å². The van der Waals surface area contributed by atoms with Gasteiger partial charge < -0.3 is 9.73 Å². The smallest absolute Gasteiger partial charge is 0.118 e. The Morgan fingerprint density at radius 3 is 2.58 bits per heavy atom. The summed E-state index contributed by atoms with van der Waals surface area (Å²) in [4.78, 5) is 2.57. The lowest BCUT2D eigenvalue weighted by molar-refractivity contribution is 0.184. The molecule has 0 radical (unpaired) electrons. The minimum absolute atomic E-state index is 0.749. The molecule has 0 amide bonds. The molecule has 2 aliphatic rings. The van der Waals surface area contributed by atoms with E-state index in [0.29, 0.717) is 0 Å². The molecule has 0 bridgehead atoms. The molecule has 3 nitrogen and oxygen atoms in total. The second kappa shape index (κ2) is 6.10. The molecule has 1 aromatic rings. The van der Waals surface area contributed by atoms with Crippen molar-refractivity contribution in [3.05, 3.63) is 23.7 Å². The van der Waals surface area contributed by atoms with Gasteiger partial charge >= 0.3 is 0 Å². The standard InChI is InChI=1S/C16H26N2O/c1-2-18(14-5-3-4-6-14)12-16-10-9-15(19-16)11-17-13-7-8-13/h9-10,13-14,17H,2-8,11-12H2,1H3. The highest BCUT2D eigenvalue weighted by Gasteiger charge is 2.23. The summed E-state index contributed by atoms with van der Waals surface area (Å²) >= 11 is 0. The number of hydrogen-bond donors (Lipinski definition) is 1. The third-order valence-corrected chi connectivity index (χ3v) is 4.47. The zero-order valence-corrected chi connectivity index (χ0v) is 12.0. The van der Waals surface area contributed by atoms with Gasteiger partial charge in [0.2, 0.25) is 0 Å². The van der Waals surface area contributed by atoms with E-state index in [1.165, 1.54) is 38.5 Å². The number of hydrogen-bond acceptors (Lipinski definition) is 3. The van der Waals surface area contributed by atoms with Gasteiger partial charge in [-0.3, -0.25) is 4.90 Å². The molecule has 3 heteroatoms. The van der Waals surface area contributed by atoms with Crippen molar-refractivity contribution in [3.63, 3.8) is 0 Å². The second-order valence-electron chi connectivity index (χ2n) is 6.02. The molecule has 19 heavy (non-hydrogen) atoms. The molecule has 0 saturated heterocycles. The van der Waals surface area contributed by atoms with Crippen molar-refractivity contribution in [3.8, 4) is 0 Å². The lowest BCUT2D eigenvalue weighted by Gasteiger charge is -2.26. The Balaban J connectivity index is 1.52. The van der Waals surface area contributed by atoms with E-state index in [1.54, 1.807) is 0 Å². The van der Waals surface area contributed by atoms with Crippen molar-refractivity contribution < 1.29 is 4.42 Å². The molecule has 0 atom stereocenters. The minimum Gasteiger partial charge on any atom is -0.463 e. The minimum atomic E-state index is 0.749. The number of nitrogens with zero attached hydrogens (tertiary/aromatic N) is 1. The summed E-state index contributed by atoms with van der Waals surface area (Å²) in [5.74, 6) is 2.21. The van der Waals surface area contributed by atoms with E-state index in [-0.39, 0.29) is 0 Å². The predicted octanol–water partition coefficient (Wildman–Crippen LogP) is 3.30. The summed E-state index contributed by atoms with van der Waals surface area (Å²) in [6.07, 6.45) is 8.19. The van der Waals surface area contributed by atoms with Crippen molar-refractivity contribution in [2.24, 2.45) is 0 Å². The lowest BCUT2D eigenvalue weighted by atomic mass is 10.2. The molecule has 0 aliphatic heterocycles. The van der Waals surface area contributed by atoms with Crippen LogP contribution in [0.3, 0.4) is 0 Å². The van der Waals surface area contributed by atoms with Crippen LogP contribution in [0.5, 0.6) is 0 Å². The van der Waals surface area contributed by atoms with Crippen molar-refractivity contribution >= 4 is 0 Å². The van der Waals surface area contributed by atoms with Crippen LogP contribution in [-0.4, -0.2) is 23.5 Å². The third-order valence-electron chi connectivity index (χ3n) is 4.47. The largest absolute Gasteiger partial charge is 0.463 e. The molecule has 2 saturated carbocycles. The highest BCUT2D eigenvalue weighted by atomic mass is 16.3. The summed E-state index contributed by atoms with van der Waals surface area (Å²) < 4.78 is 5.95. The fraction of sp³-hybridized carbons (Fsp3) is 0.750. The first-order chi connectivity index (χ1) is 9.35. The maximum atomic E-state index is 5.95. The van der Waals surface area contributed by atoms with Gasteiger partial charge in [0.15, 0.2) is 0 Å². The fourth-order valence-corrected chi connectivity index (χ4v) is 3.10. The molecular formula is C16H26N2O. The molecule has 1 aromatic heterocycles. The highest BCUT2D eigenvalue weighted by Crippen LogP contribution is 2.25. The van der Waals surface area contributed by atoms with Gasteiger partial charge in [-0.2, -0.15) is 0 Å². The first-order valence-electron chi connectivity index (χ1n) is 7.90. The third kappa shape index (κ3) is 3.61. The Morgan fingerprint density at radius 2 is 1.89 bits per heavy atom.